The number of benzene rings is 3. The summed E-state index contributed by atoms with van der Waals surface area (Å²) in [7, 11) is 0. The van der Waals surface area contributed by atoms with Gasteiger partial charge >= 0.3 is 0 Å². The predicted octanol–water partition coefficient (Wildman–Crippen LogP) is 5.51. The highest BCUT2D eigenvalue weighted by molar-refractivity contribution is 6.31. The molecule has 3 aromatic carbocycles. The summed E-state index contributed by atoms with van der Waals surface area (Å²) in [5.74, 6) is 0.0725. The first-order valence-electron chi connectivity index (χ1n) is 7.64. The fourth-order valence-electron chi connectivity index (χ4n) is 2.63. The minimum atomic E-state index is 0. The molecule has 148 valence electrons. The van der Waals surface area contributed by atoms with Gasteiger partial charge < -0.3 is 11.5 Å². The van der Waals surface area contributed by atoms with E-state index in [9.17, 15) is 0 Å². The van der Waals surface area contributed by atoms with Crippen molar-refractivity contribution in [3.8, 4) is 22.3 Å². The van der Waals surface area contributed by atoms with Crippen LogP contribution in [-0.4, -0.2) is 11.7 Å². The SMILES string of the molecule is Cl.Cl.Cl.N=C(N)c1ccc(-c2cc(Cl)cc(-c3cccc(C(=N)N)c3)c2)cc1. The Morgan fingerprint density at radius 2 is 1.14 bits per heavy atom. The van der Waals surface area contributed by atoms with Crippen LogP contribution in [0.1, 0.15) is 11.1 Å². The van der Waals surface area contributed by atoms with Crippen LogP contribution in [0.3, 0.4) is 0 Å². The lowest BCUT2D eigenvalue weighted by Crippen LogP contribution is -2.10. The molecule has 0 saturated carbocycles. The van der Waals surface area contributed by atoms with E-state index < -0.39 is 0 Å². The Labute approximate surface area is 187 Å². The second kappa shape index (κ2) is 10.9. The lowest BCUT2D eigenvalue weighted by Gasteiger charge is -2.09. The largest absolute Gasteiger partial charge is 0.384 e. The van der Waals surface area contributed by atoms with Gasteiger partial charge in [0.25, 0.3) is 0 Å². The highest BCUT2D eigenvalue weighted by Crippen LogP contribution is 2.30. The zero-order valence-corrected chi connectivity index (χ0v) is 17.8. The first kappa shape index (κ1) is 25.8. The van der Waals surface area contributed by atoms with Crippen LogP contribution >= 0.6 is 48.8 Å². The first-order valence-corrected chi connectivity index (χ1v) is 8.02. The zero-order valence-electron chi connectivity index (χ0n) is 14.6. The molecule has 0 heterocycles. The molecule has 0 spiro atoms. The normalized spacial score (nSPS) is 9.32. The van der Waals surface area contributed by atoms with Crippen molar-refractivity contribution < 1.29 is 0 Å². The second-order valence-electron chi connectivity index (χ2n) is 5.71. The van der Waals surface area contributed by atoms with E-state index in [0.717, 1.165) is 22.3 Å². The molecule has 28 heavy (non-hydrogen) atoms. The van der Waals surface area contributed by atoms with Crippen LogP contribution < -0.4 is 11.5 Å². The van der Waals surface area contributed by atoms with E-state index >= 15 is 0 Å². The minimum Gasteiger partial charge on any atom is -0.384 e. The Kier molecular flexibility index (Phi) is 10.1. The van der Waals surface area contributed by atoms with Crippen LogP contribution in [0, 0.1) is 10.8 Å². The maximum atomic E-state index is 7.59. The number of halogens is 4. The summed E-state index contributed by atoms with van der Waals surface area (Å²) in [6.07, 6.45) is 0. The highest BCUT2D eigenvalue weighted by Gasteiger charge is 2.07. The molecule has 0 atom stereocenters. The molecule has 6 N–H and O–H groups in total. The van der Waals surface area contributed by atoms with E-state index in [4.69, 9.17) is 33.9 Å². The summed E-state index contributed by atoms with van der Waals surface area (Å²) in [6.45, 7) is 0. The van der Waals surface area contributed by atoms with Crippen LogP contribution in [0.25, 0.3) is 22.3 Å². The van der Waals surface area contributed by atoms with Crippen LogP contribution in [0.5, 0.6) is 0 Å². The van der Waals surface area contributed by atoms with Gasteiger partial charge in [-0.2, -0.15) is 0 Å². The average molecular weight is 458 g/mol. The van der Waals surface area contributed by atoms with Gasteiger partial charge in [-0.05, 0) is 46.5 Å². The molecule has 0 aliphatic rings. The summed E-state index contributed by atoms with van der Waals surface area (Å²) >= 11 is 6.31. The number of rotatable bonds is 4. The fraction of sp³-hybridized carbons (Fsp3) is 0. The van der Waals surface area contributed by atoms with Crippen LogP contribution in [0.2, 0.25) is 5.02 Å². The smallest absolute Gasteiger partial charge is 0.122 e. The maximum absolute atomic E-state index is 7.59. The molecule has 0 saturated heterocycles. The summed E-state index contributed by atoms with van der Waals surface area (Å²) in [5.41, 5.74) is 16.3. The molecule has 3 rings (SSSR count). The highest BCUT2D eigenvalue weighted by atomic mass is 35.5. The third-order valence-electron chi connectivity index (χ3n) is 3.93. The van der Waals surface area contributed by atoms with E-state index in [1.54, 1.807) is 6.07 Å². The van der Waals surface area contributed by atoms with E-state index in [1.165, 1.54) is 0 Å². The van der Waals surface area contributed by atoms with Gasteiger partial charge in [0.1, 0.15) is 11.7 Å². The number of hydrogen-bond donors (Lipinski definition) is 4. The van der Waals surface area contributed by atoms with Crippen molar-refractivity contribution in [2.24, 2.45) is 11.5 Å². The van der Waals surface area contributed by atoms with Gasteiger partial charge in [-0.15, -0.1) is 37.2 Å². The lowest BCUT2D eigenvalue weighted by atomic mass is 9.97. The summed E-state index contributed by atoms with van der Waals surface area (Å²) in [6, 6.07) is 20.8. The summed E-state index contributed by atoms with van der Waals surface area (Å²) < 4.78 is 0. The molecule has 0 amide bonds. The fourth-order valence-corrected chi connectivity index (χ4v) is 2.87. The maximum Gasteiger partial charge on any atom is 0.122 e. The molecule has 0 fully saturated rings. The first-order chi connectivity index (χ1) is 11.9. The van der Waals surface area contributed by atoms with Crippen LogP contribution in [0.15, 0.2) is 66.7 Å². The standard InChI is InChI=1S/C20H17ClN4.3ClH/c21-18-10-16(12-4-6-13(7-5-12)19(22)23)9-17(11-18)14-2-1-3-15(8-14)20(24)25;;;/h1-11H,(H3,22,23)(H3,24,25);3*1H. The quantitative estimate of drug-likeness (QED) is 0.306. The number of amidine groups is 2. The van der Waals surface area contributed by atoms with Gasteiger partial charge in [0.15, 0.2) is 0 Å². The minimum absolute atomic E-state index is 0. The van der Waals surface area contributed by atoms with Crippen molar-refractivity contribution >= 4 is 60.5 Å². The monoisotopic (exact) mass is 456 g/mol. The molecule has 4 nitrogen and oxygen atoms in total. The van der Waals surface area contributed by atoms with Crippen molar-refractivity contribution in [1.82, 2.24) is 0 Å². The molecule has 0 radical (unpaired) electrons. The molecule has 8 heteroatoms. The number of nitrogen functional groups attached to an aromatic ring is 2. The zero-order chi connectivity index (χ0) is 18.0. The molecule has 0 aliphatic carbocycles. The molecule has 3 aromatic rings. The van der Waals surface area contributed by atoms with Crippen molar-refractivity contribution in [2.75, 3.05) is 0 Å². The molecular formula is C20H20Cl4N4. The Balaban J connectivity index is 0.00000243. The Morgan fingerprint density at radius 3 is 1.68 bits per heavy atom. The van der Waals surface area contributed by atoms with Crippen molar-refractivity contribution in [1.29, 1.82) is 10.8 Å². The van der Waals surface area contributed by atoms with Gasteiger partial charge in [-0.1, -0.05) is 54.1 Å². The second-order valence-corrected chi connectivity index (χ2v) is 6.15. The number of hydrogen-bond acceptors (Lipinski definition) is 2. The van der Waals surface area contributed by atoms with Gasteiger partial charge in [0.05, 0.1) is 0 Å². The molecule has 0 aliphatic heterocycles. The Morgan fingerprint density at radius 1 is 0.607 bits per heavy atom. The van der Waals surface area contributed by atoms with Gasteiger partial charge in [0, 0.05) is 16.1 Å². The Bertz CT molecular complexity index is 972. The number of nitrogens with one attached hydrogen (secondary N) is 2. The van der Waals surface area contributed by atoms with Gasteiger partial charge in [-0.25, -0.2) is 0 Å². The van der Waals surface area contributed by atoms with E-state index in [-0.39, 0.29) is 48.9 Å². The molecule has 0 aromatic heterocycles. The lowest BCUT2D eigenvalue weighted by molar-refractivity contribution is 1.42. The summed E-state index contributed by atoms with van der Waals surface area (Å²) in [4.78, 5) is 0. The predicted molar refractivity (Wildman–Crippen MR) is 126 cm³/mol. The molecule has 0 bridgehead atoms. The average Bonchev–Trinajstić information content (AvgIpc) is 2.61. The topological polar surface area (TPSA) is 99.7 Å². The third kappa shape index (κ3) is 5.88. The van der Waals surface area contributed by atoms with Crippen molar-refractivity contribution in [3.63, 3.8) is 0 Å². The van der Waals surface area contributed by atoms with E-state index in [2.05, 4.69) is 0 Å². The molecular weight excluding hydrogens is 438 g/mol. The van der Waals surface area contributed by atoms with Gasteiger partial charge in [-0.3, -0.25) is 10.8 Å². The Hall–Kier alpha value is -2.24. The summed E-state index contributed by atoms with van der Waals surface area (Å²) in [5, 5.41) is 15.7. The van der Waals surface area contributed by atoms with Crippen molar-refractivity contribution in [3.05, 3.63) is 82.9 Å². The third-order valence-corrected chi connectivity index (χ3v) is 4.15. The van der Waals surface area contributed by atoms with Crippen LogP contribution in [0.4, 0.5) is 0 Å². The van der Waals surface area contributed by atoms with E-state index in [1.807, 2.05) is 60.7 Å². The van der Waals surface area contributed by atoms with E-state index in [0.29, 0.717) is 16.1 Å². The number of nitrogens with two attached hydrogens (primary N) is 2. The molecule has 0 unspecified atom stereocenters. The van der Waals surface area contributed by atoms with Crippen LogP contribution in [-0.2, 0) is 0 Å². The van der Waals surface area contributed by atoms with Crippen molar-refractivity contribution in [2.45, 2.75) is 0 Å². The van der Waals surface area contributed by atoms with Gasteiger partial charge in [0.2, 0.25) is 0 Å².